The van der Waals surface area contributed by atoms with Gasteiger partial charge in [-0.25, -0.2) is 0 Å². The summed E-state index contributed by atoms with van der Waals surface area (Å²) in [6, 6.07) is 21.9. The molecule has 0 aliphatic heterocycles. The van der Waals surface area contributed by atoms with Crippen LogP contribution in [0.1, 0.15) is 22.8 Å². The lowest BCUT2D eigenvalue weighted by Gasteiger charge is -2.23. The maximum Gasteiger partial charge on any atom is 0.258 e. The van der Waals surface area contributed by atoms with Gasteiger partial charge in [-0.05, 0) is 42.3 Å². The monoisotopic (exact) mass is 289 g/mol. The predicted octanol–water partition coefficient (Wildman–Crippen LogP) is 4.81. The first-order valence-electron chi connectivity index (χ1n) is 7.57. The molecule has 0 unspecified atom stereocenters. The predicted molar refractivity (Wildman–Crippen MR) is 92.5 cm³/mol. The Labute approximate surface area is 131 Å². The molecule has 0 spiro atoms. The third kappa shape index (κ3) is 2.48. The highest BCUT2D eigenvalue weighted by molar-refractivity contribution is 6.14. The third-order valence-corrected chi connectivity index (χ3v) is 3.99. The summed E-state index contributed by atoms with van der Waals surface area (Å²) >= 11 is 0. The summed E-state index contributed by atoms with van der Waals surface area (Å²) < 4.78 is 0. The molecule has 3 rings (SSSR count). The van der Waals surface area contributed by atoms with Crippen LogP contribution in [0.3, 0.4) is 0 Å². The highest BCUT2D eigenvalue weighted by Crippen LogP contribution is 2.25. The van der Waals surface area contributed by atoms with E-state index in [1.807, 2.05) is 85.5 Å². The molecule has 0 saturated heterocycles. The Balaban J connectivity index is 2.10. The normalized spacial score (nSPS) is 10.6. The van der Waals surface area contributed by atoms with Gasteiger partial charge in [-0.3, -0.25) is 4.79 Å². The van der Waals surface area contributed by atoms with Crippen LogP contribution < -0.4 is 4.90 Å². The Kier molecular flexibility index (Phi) is 3.92. The molecule has 3 aromatic rings. The SMILES string of the molecule is CCN(C(=O)c1cccc2ccccc12)c1ccccc1C. The molecule has 1 amide bonds. The van der Waals surface area contributed by atoms with E-state index in [2.05, 4.69) is 0 Å². The van der Waals surface area contributed by atoms with Crippen LogP contribution in [0.15, 0.2) is 66.7 Å². The van der Waals surface area contributed by atoms with Gasteiger partial charge < -0.3 is 4.90 Å². The van der Waals surface area contributed by atoms with Gasteiger partial charge in [-0.1, -0.05) is 54.6 Å². The molecule has 2 nitrogen and oxygen atoms in total. The fraction of sp³-hybridized carbons (Fsp3) is 0.150. The first-order valence-corrected chi connectivity index (χ1v) is 7.57. The van der Waals surface area contributed by atoms with Gasteiger partial charge in [0.05, 0.1) is 0 Å². The molecular formula is C20H19NO. The largest absolute Gasteiger partial charge is 0.308 e. The van der Waals surface area contributed by atoms with E-state index in [0.29, 0.717) is 6.54 Å². The average molecular weight is 289 g/mol. The van der Waals surface area contributed by atoms with Crippen molar-refractivity contribution in [2.45, 2.75) is 13.8 Å². The van der Waals surface area contributed by atoms with Crippen molar-refractivity contribution in [3.8, 4) is 0 Å². The number of carbonyl (C=O) groups is 1. The number of rotatable bonds is 3. The summed E-state index contributed by atoms with van der Waals surface area (Å²) in [6.45, 7) is 4.69. The number of nitrogens with zero attached hydrogens (tertiary/aromatic N) is 1. The van der Waals surface area contributed by atoms with E-state index >= 15 is 0 Å². The lowest BCUT2D eigenvalue weighted by Crippen LogP contribution is -2.31. The maximum atomic E-state index is 13.1. The molecular weight excluding hydrogens is 270 g/mol. The molecule has 0 saturated carbocycles. The molecule has 0 radical (unpaired) electrons. The molecule has 0 atom stereocenters. The first kappa shape index (κ1) is 14.3. The molecule has 0 N–H and O–H groups in total. The van der Waals surface area contributed by atoms with Crippen molar-refractivity contribution in [3.63, 3.8) is 0 Å². The highest BCUT2D eigenvalue weighted by atomic mass is 16.2. The van der Waals surface area contributed by atoms with Crippen LogP contribution >= 0.6 is 0 Å². The molecule has 0 aliphatic carbocycles. The Bertz CT molecular complexity index is 817. The van der Waals surface area contributed by atoms with Crippen molar-refractivity contribution < 1.29 is 4.79 Å². The summed E-state index contributed by atoms with van der Waals surface area (Å²) in [5, 5.41) is 2.09. The standard InChI is InChI=1S/C20H19NO/c1-3-21(19-14-7-4-9-15(19)2)20(22)18-13-8-11-16-10-5-6-12-17(16)18/h4-14H,3H2,1-2H3. The van der Waals surface area contributed by atoms with E-state index in [0.717, 1.165) is 27.6 Å². The van der Waals surface area contributed by atoms with Gasteiger partial charge in [0.1, 0.15) is 0 Å². The molecule has 3 aromatic carbocycles. The summed E-state index contributed by atoms with van der Waals surface area (Å²) in [5.74, 6) is 0.0496. The second-order valence-corrected chi connectivity index (χ2v) is 5.36. The van der Waals surface area contributed by atoms with Crippen molar-refractivity contribution in [2.75, 3.05) is 11.4 Å². The fourth-order valence-corrected chi connectivity index (χ4v) is 2.85. The third-order valence-electron chi connectivity index (χ3n) is 3.99. The van der Waals surface area contributed by atoms with Crippen LogP contribution in [-0.4, -0.2) is 12.5 Å². The van der Waals surface area contributed by atoms with Gasteiger partial charge in [-0.15, -0.1) is 0 Å². The number of amides is 1. The van der Waals surface area contributed by atoms with Gasteiger partial charge in [0.25, 0.3) is 5.91 Å². The van der Waals surface area contributed by atoms with Gasteiger partial charge >= 0.3 is 0 Å². The lowest BCUT2D eigenvalue weighted by molar-refractivity contribution is 0.0989. The molecule has 0 bridgehead atoms. The molecule has 0 aromatic heterocycles. The molecule has 22 heavy (non-hydrogen) atoms. The zero-order valence-corrected chi connectivity index (χ0v) is 12.9. The fourth-order valence-electron chi connectivity index (χ4n) is 2.85. The van der Waals surface area contributed by atoms with Gasteiger partial charge in [-0.2, -0.15) is 0 Å². The van der Waals surface area contributed by atoms with E-state index in [1.165, 1.54) is 0 Å². The number of anilines is 1. The van der Waals surface area contributed by atoms with Crippen LogP contribution in [0.5, 0.6) is 0 Å². The van der Waals surface area contributed by atoms with Gasteiger partial charge in [0, 0.05) is 17.8 Å². The van der Waals surface area contributed by atoms with Crippen molar-refractivity contribution in [1.29, 1.82) is 0 Å². The van der Waals surface area contributed by atoms with Crippen LogP contribution in [0.25, 0.3) is 10.8 Å². The van der Waals surface area contributed by atoms with Crippen molar-refractivity contribution in [2.24, 2.45) is 0 Å². The smallest absolute Gasteiger partial charge is 0.258 e. The number of aryl methyl sites for hydroxylation is 1. The molecule has 0 heterocycles. The number of carbonyl (C=O) groups excluding carboxylic acids is 1. The van der Waals surface area contributed by atoms with E-state index in [-0.39, 0.29) is 5.91 Å². The van der Waals surface area contributed by atoms with E-state index in [1.54, 1.807) is 0 Å². The summed E-state index contributed by atoms with van der Waals surface area (Å²) in [6.07, 6.45) is 0. The summed E-state index contributed by atoms with van der Waals surface area (Å²) in [7, 11) is 0. The van der Waals surface area contributed by atoms with E-state index < -0.39 is 0 Å². The zero-order valence-electron chi connectivity index (χ0n) is 12.9. The van der Waals surface area contributed by atoms with Crippen LogP contribution in [0, 0.1) is 6.92 Å². The summed E-state index contributed by atoms with van der Waals surface area (Å²) in [5.41, 5.74) is 2.84. The minimum atomic E-state index is 0.0496. The second kappa shape index (κ2) is 6.02. The van der Waals surface area contributed by atoms with Crippen LogP contribution in [0.4, 0.5) is 5.69 Å². The van der Waals surface area contributed by atoms with E-state index in [9.17, 15) is 4.79 Å². The van der Waals surface area contributed by atoms with Gasteiger partial charge in [0.2, 0.25) is 0 Å². The molecule has 2 heteroatoms. The Morgan fingerprint density at radius 3 is 2.36 bits per heavy atom. The lowest BCUT2D eigenvalue weighted by atomic mass is 10.0. The first-order chi connectivity index (χ1) is 10.7. The maximum absolute atomic E-state index is 13.1. The highest BCUT2D eigenvalue weighted by Gasteiger charge is 2.19. The molecule has 0 aliphatic rings. The minimum Gasteiger partial charge on any atom is -0.308 e. The number of fused-ring (bicyclic) bond motifs is 1. The van der Waals surface area contributed by atoms with Crippen molar-refractivity contribution in [3.05, 3.63) is 77.9 Å². The molecule has 110 valence electrons. The molecule has 0 fully saturated rings. The van der Waals surface area contributed by atoms with Crippen molar-refractivity contribution >= 4 is 22.4 Å². The quantitative estimate of drug-likeness (QED) is 0.677. The van der Waals surface area contributed by atoms with Crippen LogP contribution in [0.2, 0.25) is 0 Å². The number of benzene rings is 3. The minimum absolute atomic E-state index is 0.0496. The zero-order chi connectivity index (χ0) is 15.5. The summed E-state index contributed by atoms with van der Waals surface area (Å²) in [4.78, 5) is 14.9. The Hall–Kier alpha value is -2.61. The van der Waals surface area contributed by atoms with Crippen molar-refractivity contribution in [1.82, 2.24) is 0 Å². The number of hydrogen-bond donors (Lipinski definition) is 0. The van der Waals surface area contributed by atoms with Gasteiger partial charge in [0.15, 0.2) is 0 Å². The number of hydrogen-bond acceptors (Lipinski definition) is 1. The van der Waals surface area contributed by atoms with E-state index in [4.69, 9.17) is 0 Å². The Morgan fingerprint density at radius 1 is 0.909 bits per heavy atom. The number of para-hydroxylation sites is 1. The average Bonchev–Trinajstić information content (AvgIpc) is 2.56. The Morgan fingerprint density at radius 2 is 1.59 bits per heavy atom. The topological polar surface area (TPSA) is 20.3 Å². The van der Waals surface area contributed by atoms with Crippen LogP contribution in [-0.2, 0) is 0 Å². The second-order valence-electron chi connectivity index (χ2n) is 5.36.